The van der Waals surface area contributed by atoms with Gasteiger partial charge in [-0.05, 0) is 41.3 Å². The molecule has 0 aliphatic carbocycles. The number of halogens is 2. The largest absolute Gasteiger partial charge is 0.277 e. The minimum Gasteiger partial charge on any atom is -0.277 e. The van der Waals surface area contributed by atoms with Crippen molar-refractivity contribution in [2.24, 2.45) is 0 Å². The van der Waals surface area contributed by atoms with Gasteiger partial charge in [0.05, 0.1) is 27.5 Å². The van der Waals surface area contributed by atoms with Crippen molar-refractivity contribution in [3.8, 4) is 5.69 Å². The fourth-order valence-electron chi connectivity index (χ4n) is 2.55. The predicted molar refractivity (Wildman–Crippen MR) is 110 cm³/mol. The standard InChI is InChI=1S/C19H19Cl2N3O2S/c1-19(2,3)13-4-7-16(8-5-13)27(25,26)23-17-9-6-14(20)10-18(17)24-12-15(21)11-22-24/h4-12,23H,1-3H3. The minimum absolute atomic E-state index is 0.0571. The normalized spacial score (nSPS) is 12.2. The fraction of sp³-hybridized carbons (Fsp3) is 0.211. The third-order valence-corrected chi connectivity index (χ3v) is 5.84. The topological polar surface area (TPSA) is 64.0 Å². The van der Waals surface area contributed by atoms with Crippen LogP contribution in [-0.4, -0.2) is 18.2 Å². The molecular formula is C19H19Cl2N3O2S. The van der Waals surface area contributed by atoms with Gasteiger partial charge < -0.3 is 0 Å². The average Bonchev–Trinajstić information content (AvgIpc) is 3.02. The van der Waals surface area contributed by atoms with E-state index >= 15 is 0 Å². The van der Waals surface area contributed by atoms with Crippen LogP contribution in [-0.2, 0) is 15.4 Å². The van der Waals surface area contributed by atoms with Gasteiger partial charge in [0.25, 0.3) is 10.0 Å². The Hall–Kier alpha value is -2.02. The van der Waals surface area contributed by atoms with Gasteiger partial charge in [-0.1, -0.05) is 56.1 Å². The molecule has 0 fully saturated rings. The van der Waals surface area contributed by atoms with Crippen molar-refractivity contribution in [2.45, 2.75) is 31.1 Å². The van der Waals surface area contributed by atoms with Gasteiger partial charge in [0.1, 0.15) is 0 Å². The monoisotopic (exact) mass is 423 g/mol. The summed E-state index contributed by atoms with van der Waals surface area (Å²) in [4.78, 5) is 0.176. The molecule has 1 N–H and O–H groups in total. The van der Waals surface area contributed by atoms with Gasteiger partial charge in [0.15, 0.2) is 0 Å². The molecule has 142 valence electrons. The summed E-state index contributed by atoms with van der Waals surface area (Å²) in [7, 11) is -3.78. The van der Waals surface area contributed by atoms with Crippen molar-refractivity contribution in [1.82, 2.24) is 9.78 Å². The number of hydrogen-bond donors (Lipinski definition) is 1. The molecule has 0 atom stereocenters. The highest BCUT2D eigenvalue weighted by Crippen LogP contribution is 2.28. The highest BCUT2D eigenvalue weighted by Gasteiger charge is 2.19. The Bertz CT molecular complexity index is 1070. The van der Waals surface area contributed by atoms with Gasteiger partial charge in [-0.15, -0.1) is 0 Å². The molecule has 0 aliphatic rings. The van der Waals surface area contributed by atoms with E-state index in [0.29, 0.717) is 21.4 Å². The molecule has 27 heavy (non-hydrogen) atoms. The number of aromatic nitrogens is 2. The van der Waals surface area contributed by atoms with Crippen molar-refractivity contribution in [3.63, 3.8) is 0 Å². The Labute approximate surface area is 169 Å². The van der Waals surface area contributed by atoms with E-state index in [-0.39, 0.29) is 10.3 Å². The molecule has 0 radical (unpaired) electrons. The predicted octanol–water partition coefficient (Wildman–Crippen LogP) is 5.28. The van der Waals surface area contributed by atoms with Crippen LogP contribution in [0.3, 0.4) is 0 Å². The lowest BCUT2D eigenvalue weighted by atomic mass is 9.87. The summed E-state index contributed by atoms with van der Waals surface area (Å²) in [5, 5.41) is 5.01. The first-order chi connectivity index (χ1) is 12.6. The van der Waals surface area contributed by atoms with E-state index in [4.69, 9.17) is 23.2 Å². The molecule has 0 saturated heterocycles. The molecule has 3 aromatic rings. The van der Waals surface area contributed by atoms with Gasteiger partial charge in [-0.25, -0.2) is 13.1 Å². The zero-order chi connectivity index (χ0) is 19.8. The maximum absolute atomic E-state index is 12.8. The number of nitrogens with zero attached hydrogens (tertiary/aromatic N) is 2. The molecule has 1 aromatic heterocycles. The molecule has 3 rings (SSSR count). The highest BCUT2D eigenvalue weighted by molar-refractivity contribution is 7.92. The van der Waals surface area contributed by atoms with Crippen LogP contribution in [0.5, 0.6) is 0 Å². The van der Waals surface area contributed by atoms with Crippen molar-refractivity contribution in [2.75, 3.05) is 4.72 Å². The Kier molecular flexibility index (Phi) is 5.25. The van der Waals surface area contributed by atoms with E-state index in [9.17, 15) is 8.42 Å². The SMILES string of the molecule is CC(C)(C)c1ccc(S(=O)(=O)Nc2ccc(Cl)cc2-n2cc(Cl)cn2)cc1. The number of benzene rings is 2. The number of rotatable bonds is 4. The average molecular weight is 424 g/mol. The first-order valence-electron chi connectivity index (χ1n) is 8.20. The molecule has 0 aliphatic heterocycles. The number of sulfonamides is 1. The summed E-state index contributed by atoms with van der Waals surface area (Å²) in [6.45, 7) is 6.22. The first-order valence-corrected chi connectivity index (χ1v) is 10.4. The first kappa shape index (κ1) is 19.7. The number of hydrogen-bond acceptors (Lipinski definition) is 3. The molecule has 2 aromatic carbocycles. The Morgan fingerprint density at radius 3 is 2.22 bits per heavy atom. The van der Waals surface area contributed by atoms with Gasteiger partial charge >= 0.3 is 0 Å². The van der Waals surface area contributed by atoms with Crippen LogP contribution >= 0.6 is 23.2 Å². The third-order valence-electron chi connectivity index (χ3n) is 4.03. The van der Waals surface area contributed by atoms with Crippen LogP contribution in [0.2, 0.25) is 10.0 Å². The second-order valence-corrected chi connectivity index (χ2v) is 9.70. The van der Waals surface area contributed by atoms with Crippen LogP contribution < -0.4 is 4.72 Å². The fourth-order valence-corrected chi connectivity index (χ4v) is 3.93. The van der Waals surface area contributed by atoms with Gasteiger partial charge in [-0.3, -0.25) is 4.72 Å². The van der Waals surface area contributed by atoms with Gasteiger partial charge in [0.2, 0.25) is 0 Å². The number of anilines is 1. The zero-order valence-electron chi connectivity index (χ0n) is 15.1. The van der Waals surface area contributed by atoms with Crippen LogP contribution in [0.1, 0.15) is 26.3 Å². The summed E-state index contributed by atoms with van der Waals surface area (Å²) in [6.07, 6.45) is 3.04. The second-order valence-electron chi connectivity index (χ2n) is 7.14. The van der Waals surface area contributed by atoms with Gasteiger partial charge in [-0.2, -0.15) is 5.10 Å². The van der Waals surface area contributed by atoms with E-state index in [2.05, 4.69) is 30.6 Å². The van der Waals surface area contributed by atoms with Crippen molar-refractivity contribution in [3.05, 3.63) is 70.5 Å². The van der Waals surface area contributed by atoms with Crippen LogP contribution in [0.15, 0.2) is 59.8 Å². The van der Waals surface area contributed by atoms with E-state index in [1.54, 1.807) is 36.5 Å². The number of nitrogens with one attached hydrogen (secondary N) is 1. The summed E-state index contributed by atoms with van der Waals surface area (Å²) in [6, 6.07) is 11.7. The molecule has 8 heteroatoms. The summed E-state index contributed by atoms with van der Waals surface area (Å²) in [5.74, 6) is 0. The molecule has 1 heterocycles. The summed E-state index contributed by atoms with van der Waals surface area (Å²) < 4.78 is 29.7. The zero-order valence-corrected chi connectivity index (χ0v) is 17.4. The Morgan fingerprint density at radius 1 is 1.00 bits per heavy atom. The van der Waals surface area contributed by atoms with Crippen LogP contribution in [0.25, 0.3) is 5.69 Å². The van der Waals surface area contributed by atoms with E-state index < -0.39 is 10.0 Å². The smallest absolute Gasteiger partial charge is 0.261 e. The van der Waals surface area contributed by atoms with Crippen LogP contribution in [0.4, 0.5) is 5.69 Å². The van der Waals surface area contributed by atoms with Crippen molar-refractivity contribution in [1.29, 1.82) is 0 Å². The lowest BCUT2D eigenvalue weighted by Gasteiger charge is -2.19. The summed E-state index contributed by atoms with van der Waals surface area (Å²) >= 11 is 12.0. The molecule has 0 spiro atoms. The van der Waals surface area contributed by atoms with Crippen molar-refractivity contribution >= 4 is 38.9 Å². The Balaban J connectivity index is 1.97. The molecule has 0 amide bonds. The quantitative estimate of drug-likeness (QED) is 0.620. The molecular weight excluding hydrogens is 405 g/mol. The summed E-state index contributed by atoms with van der Waals surface area (Å²) in [5.41, 5.74) is 1.82. The van der Waals surface area contributed by atoms with E-state index in [1.807, 2.05) is 12.1 Å². The van der Waals surface area contributed by atoms with E-state index in [0.717, 1.165) is 5.56 Å². The third kappa shape index (κ3) is 4.46. The Morgan fingerprint density at radius 2 is 1.67 bits per heavy atom. The second kappa shape index (κ2) is 7.19. The minimum atomic E-state index is -3.78. The highest BCUT2D eigenvalue weighted by atomic mass is 35.5. The van der Waals surface area contributed by atoms with Crippen molar-refractivity contribution < 1.29 is 8.42 Å². The van der Waals surface area contributed by atoms with Gasteiger partial charge in [0, 0.05) is 11.2 Å². The maximum atomic E-state index is 12.8. The lowest BCUT2D eigenvalue weighted by Crippen LogP contribution is -2.16. The molecule has 0 saturated carbocycles. The molecule has 0 bridgehead atoms. The van der Waals surface area contributed by atoms with E-state index in [1.165, 1.54) is 10.9 Å². The molecule has 0 unspecified atom stereocenters. The van der Waals surface area contributed by atoms with Crippen LogP contribution in [0, 0.1) is 0 Å². The molecule has 5 nitrogen and oxygen atoms in total. The lowest BCUT2D eigenvalue weighted by molar-refractivity contribution is 0.587. The maximum Gasteiger partial charge on any atom is 0.261 e.